The first-order valence-electron chi connectivity index (χ1n) is 6.71. The summed E-state index contributed by atoms with van der Waals surface area (Å²) in [5.41, 5.74) is 6.40. The van der Waals surface area contributed by atoms with Gasteiger partial charge in [-0.2, -0.15) is 0 Å². The molecule has 94 valence electrons. The maximum atomic E-state index is 6.40. The number of hydrogen-bond acceptors (Lipinski definition) is 3. The average Bonchev–Trinajstić information content (AvgIpc) is 3.03. The van der Waals surface area contributed by atoms with Gasteiger partial charge in [0.25, 0.3) is 0 Å². The summed E-state index contributed by atoms with van der Waals surface area (Å²) >= 11 is 0. The van der Waals surface area contributed by atoms with Gasteiger partial charge in [-0.25, -0.2) is 4.98 Å². The summed E-state index contributed by atoms with van der Waals surface area (Å²) < 4.78 is 8.08. The Bertz CT molecular complexity index is 390. The molecular weight excluding hydrogens is 214 g/mol. The predicted molar refractivity (Wildman–Crippen MR) is 65.4 cm³/mol. The molecule has 2 fully saturated rings. The fourth-order valence-electron chi connectivity index (χ4n) is 3.29. The summed E-state index contributed by atoms with van der Waals surface area (Å²) in [6.07, 6.45) is 9.36. The minimum absolute atomic E-state index is 0.0341. The Morgan fingerprint density at radius 2 is 2.47 bits per heavy atom. The lowest BCUT2D eigenvalue weighted by atomic mass is 9.84. The summed E-state index contributed by atoms with van der Waals surface area (Å²) in [4.78, 5) is 4.45. The van der Waals surface area contributed by atoms with Crippen LogP contribution in [0.2, 0.25) is 0 Å². The van der Waals surface area contributed by atoms with Gasteiger partial charge in [0.2, 0.25) is 0 Å². The van der Waals surface area contributed by atoms with Gasteiger partial charge in [0.15, 0.2) is 0 Å². The van der Waals surface area contributed by atoms with Crippen molar-refractivity contribution in [2.24, 2.45) is 11.7 Å². The minimum atomic E-state index is 0.0341. The first kappa shape index (κ1) is 11.2. The van der Waals surface area contributed by atoms with Crippen LogP contribution in [-0.2, 0) is 11.3 Å². The van der Waals surface area contributed by atoms with E-state index in [1.54, 1.807) is 0 Å². The van der Waals surface area contributed by atoms with Crippen LogP contribution in [0.4, 0.5) is 0 Å². The van der Waals surface area contributed by atoms with Crippen LogP contribution >= 0.6 is 0 Å². The van der Waals surface area contributed by atoms with Crippen molar-refractivity contribution in [1.29, 1.82) is 0 Å². The van der Waals surface area contributed by atoms with Gasteiger partial charge in [-0.05, 0) is 25.7 Å². The van der Waals surface area contributed by atoms with Crippen molar-refractivity contribution in [3.63, 3.8) is 0 Å². The van der Waals surface area contributed by atoms with Gasteiger partial charge in [-0.1, -0.05) is 6.92 Å². The maximum Gasteiger partial charge on any atom is 0.126 e. The van der Waals surface area contributed by atoms with E-state index in [9.17, 15) is 0 Å². The lowest BCUT2D eigenvalue weighted by Gasteiger charge is -2.25. The minimum Gasteiger partial charge on any atom is -0.375 e. The van der Waals surface area contributed by atoms with Crippen LogP contribution in [0.25, 0.3) is 0 Å². The highest BCUT2D eigenvalue weighted by atomic mass is 16.5. The van der Waals surface area contributed by atoms with Crippen LogP contribution in [0.5, 0.6) is 0 Å². The Balaban J connectivity index is 1.77. The molecule has 17 heavy (non-hydrogen) atoms. The zero-order valence-corrected chi connectivity index (χ0v) is 10.4. The number of imidazole rings is 1. The molecule has 0 radical (unpaired) electrons. The number of hydrogen-bond donors (Lipinski definition) is 1. The highest BCUT2D eigenvalue weighted by Gasteiger charge is 2.44. The molecular formula is C13H21N3O. The summed E-state index contributed by atoms with van der Waals surface area (Å²) in [5, 5.41) is 0. The van der Waals surface area contributed by atoms with Crippen LogP contribution in [0.15, 0.2) is 12.4 Å². The molecule has 1 aromatic rings. The van der Waals surface area contributed by atoms with Crippen molar-refractivity contribution in [3.05, 3.63) is 18.2 Å². The SMILES string of the molecule is CCCn1ccnc1C(N)C1CC2CCC1O2. The molecule has 2 bridgehead atoms. The van der Waals surface area contributed by atoms with E-state index in [4.69, 9.17) is 10.5 Å². The second kappa shape index (κ2) is 4.42. The topological polar surface area (TPSA) is 53.1 Å². The van der Waals surface area contributed by atoms with Crippen molar-refractivity contribution in [1.82, 2.24) is 9.55 Å². The highest BCUT2D eigenvalue weighted by Crippen LogP contribution is 2.43. The molecule has 0 saturated carbocycles. The summed E-state index contributed by atoms with van der Waals surface area (Å²) in [5.74, 6) is 1.50. The third-order valence-electron chi connectivity index (χ3n) is 4.12. The Labute approximate surface area is 102 Å². The van der Waals surface area contributed by atoms with E-state index in [1.807, 2.05) is 12.4 Å². The second-order valence-electron chi connectivity index (χ2n) is 5.28. The molecule has 2 aliphatic heterocycles. The first-order chi connectivity index (χ1) is 8.29. The van der Waals surface area contributed by atoms with Gasteiger partial charge in [0.1, 0.15) is 5.82 Å². The molecule has 3 rings (SSSR count). The largest absolute Gasteiger partial charge is 0.375 e. The molecule has 3 heterocycles. The summed E-state index contributed by atoms with van der Waals surface area (Å²) in [6, 6.07) is 0.0341. The van der Waals surface area contributed by atoms with Gasteiger partial charge in [-0.15, -0.1) is 0 Å². The smallest absolute Gasteiger partial charge is 0.126 e. The van der Waals surface area contributed by atoms with Crippen molar-refractivity contribution in [2.45, 2.75) is 57.4 Å². The fraction of sp³-hybridized carbons (Fsp3) is 0.769. The molecule has 4 nitrogen and oxygen atoms in total. The van der Waals surface area contributed by atoms with Gasteiger partial charge in [0, 0.05) is 24.9 Å². The number of ether oxygens (including phenoxy) is 1. The van der Waals surface area contributed by atoms with Crippen molar-refractivity contribution < 1.29 is 4.74 Å². The fourth-order valence-corrected chi connectivity index (χ4v) is 3.29. The molecule has 0 aromatic carbocycles. The van der Waals surface area contributed by atoms with E-state index in [2.05, 4.69) is 16.5 Å². The third kappa shape index (κ3) is 1.89. The maximum absolute atomic E-state index is 6.40. The van der Waals surface area contributed by atoms with Gasteiger partial charge >= 0.3 is 0 Å². The second-order valence-corrected chi connectivity index (χ2v) is 5.28. The lowest BCUT2D eigenvalue weighted by molar-refractivity contribution is 0.0877. The van der Waals surface area contributed by atoms with Crippen molar-refractivity contribution >= 4 is 0 Å². The highest BCUT2D eigenvalue weighted by molar-refractivity contribution is 5.05. The molecule has 4 heteroatoms. The van der Waals surface area contributed by atoms with E-state index in [0.717, 1.165) is 25.2 Å². The van der Waals surface area contributed by atoms with Crippen molar-refractivity contribution in [3.8, 4) is 0 Å². The van der Waals surface area contributed by atoms with Crippen LogP contribution in [-0.4, -0.2) is 21.8 Å². The van der Waals surface area contributed by atoms with Gasteiger partial charge in [0.05, 0.1) is 18.2 Å². The van der Waals surface area contributed by atoms with E-state index in [1.165, 1.54) is 12.8 Å². The standard InChI is InChI=1S/C13H21N3O/c1-2-6-16-7-5-15-13(16)12(14)10-8-9-3-4-11(10)17-9/h5,7,9-12H,2-4,6,8,14H2,1H3. The van der Waals surface area contributed by atoms with Crippen LogP contribution in [0.3, 0.4) is 0 Å². The number of nitrogens with two attached hydrogens (primary N) is 1. The average molecular weight is 235 g/mol. The number of nitrogens with zero attached hydrogens (tertiary/aromatic N) is 2. The van der Waals surface area contributed by atoms with Crippen LogP contribution < -0.4 is 5.73 Å². The van der Waals surface area contributed by atoms with E-state index >= 15 is 0 Å². The molecule has 0 amide bonds. The normalized spacial score (nSPS) is 33.2. The number of fused-ring (bicyclic) bond motifs is 2. The summed E-state index contributed by atoms with van der Waals surface area (Å²) in [7, 11) is 0. The Kier molecular flexibility index (Phi) is 2.92. The van der Waals surface area contributed by atoms with Crippen LogP contribution in [0.1, 0.15) is 44.5 Å². The number of rotatable bonds is 4. The quantitative estimate of drug-likeness (QED) is 0.866. The van der Waals surface area contributed by atoms with Crippen molar-refractivity contribution in [2.75, 3.05) is 0 Å². The molecule has 1 aromatic heterocycles. The van der Waals surface area contributed by atoms with E-state index < -0.39 is 0 Å². The first-order valence-corrected chi connectivity index (χ1v) is 6.71. The molecule has 0 aliphatic carbocycles. The predicted octanol–water partition coefficient (Wildman–Crippen LogP) is 1.86. The molecule has 2 N–H and O–H groups in total. The van der Waals surface area contributed by atoms with E-state index in [0.29, 0.717) is 18.1 Å². The van der Waals surface area contributed by atoms with Gasteiger partial charge < -0.3 is 15.0 Å². The zero-order chi connectivity index (χ0) is 11.8. The molecule has 4 unspecified atom stereocenters. The third-order valence-corrected chi connectivity index (χ3v) is 4.12. The number of aromatic nitrogens is 2. The summed E-state index contributed by atoms with van der Waals surface area (Å²) in [6.45, 7) is 3.18. The Morgan fingerprint density at radius 3 is 3.12 bits per heavy atom. The Hall–Kier alpha value is -0.870. The molecule has 4 atom stereocenters. The van der Waals surface area contributed by atoms with Gasteiger partial charge in [-0.3, -0.25) is 0 Å². The monoisotopic (exact) mass is 235 g/mol. The Morgan fingerprint density at radius 1 is 1.59 bits per heavy atom. The molecule has 0 spiro atoms. The number of aryl methyl sites for hydroxylation is 1. The zero-order valence-electron chi connectivity index (χ0n) is 10.4. The lowest BCUT2D eigenvalue weighted by Crippen LogP contribution is -2.31. The molecule has 2 saturated heterocycles. The molecule has 2 aliphatic rings. The van der Waals surface area contributed by atoms with E-state index in [-0.39, 0.29) is 6.04 Å². The van der Waals surface area contributed by atoms with Crippen LogP contribution in [0, 0.1) is 5.92 Å².